The third-order valence-electron chi connectivity index (χ3n) is 3.56. The normalized spacial score (nSPS) is 20.9. The van der Waals surface area contributed by atoms with E-state index in [1.165, 1.54) is 12.0 Å². The predicted molar refractivity (Wildman–Crippen MR) is 75.0 cm³/mol. The van der Waals surface area contributed by atoms with E-state index in [-0.39, 0.29) is 0 Å². The maximum absolute atomic E-state index is 5.97. The van der Waals surface area contributed by atoms with Crippen LogP contribution in [0.5, 0.6) is 5.75 Å². The molecule has 1 aliphatic heterocycles. The molecule has 1 unspecified atom stereocenters. The maximum atomic E-state index is 5.97. The van der Waals surface area contributed by atoms with Crippen molar-refractivity contribution in [3.8, 4) is 5.75 Å². The Bertz CT molecular complexity index is 367. The number of hydrogen-bond donors (Lipinski definition) is 1. The zero-order valence-electron chi connectivity index (χ0n) is 11.3. The Labute approximate surface area is 110 Å². The molecule has 0 spiro atoms. The second-order valence-corrected chi connectivity index (χ2v) is 5.01. The van der Waals surface area contributed by atoms with Gasteiger partial charge in [0, 0.05) is 19.1 Å². The average Bonchev–Trinajstić information content (AvgIpc) is 2.39. The van der Waals surface area contributed by atoms with Gasteiger partial charge in [0.15, 0.2) is 0 Å². The van der Waals surface area contributed by atoms with Gasteiger partial charge < -0.3 is 10.5 Å². The second-order valence-electron chi connectivity index (χ2n) is 5.01. The Hall–Kier alpha value is -1.06. The molecular weight excluding hydrogens is 224 g/mol. The molecule has 3 nitrogen and oxygen atoms in total. The van der Waals surface area contributed by atoms with Crippen molar-refractivity contribution in [2.24, 2.45) is 5.73 Å². The topological polar surface area (TPSA) is 38.5 Å². The van der Waals surface area contributed by atoms with E-state index in [0.717, 1.165) is 44.8 Å². The van der Waals surface area contributed by atoms with Gasteiger partial charge in [-0.2, -0.15) is 0 Å². The molecule has 1 aliphatic rings. The maximum Gasteiger partial charge on any atom is 0.122 e. The summed E-state index contributed by atoms with van der Waals surface area (Å²) < 4.78 is 5.88. The first kappa shape index (κ1) is 13.4. The van der Waals surface area contributed by atoms with Gasteiger partial charge in [0.05, 0.1) is 0 Å². The number of benzene rings is 1. The Morgan fingerprint density at radius 3 is 3.00 bits per heavy atom. The number of nitrogens with zero attached hydrogens (tertiary/aromatic N) is 1. The summed E-state index contributed by atoms with van der Waals surface area (Å²) >= 11 is 0. The molecule has 1 atom stereocenters. The smallest absolute Gasteiger partial charge is 0.122 e. The number of hydrogen-bond acceptors (Lipinski definition) is 3. The lowest BCUT2D eigenvalue weighted by atomic mass is 10.1. The minimum Gasteiger partial charge on any atom is -0.492 e. The molecule has 1 saturated heterocycles. The summed E-state index contributed by atoms with van der Waals surface area (Å²) in [4.78, 5) is 2.41. The molecule has 0 radical (unpaired) electrons. The van der Waals surface area contributed by atoms with Crippen molar-refractivity contribution in [3.05, 3.63) is 29.8 Å². The Balaban J connectivity index is 1.77. The largest absolute Gasteiger partial charge is 0.492 e. The van der Waals surface area contributed by atoms with Crippen LogP contribution < -0.4 is 10.5 Å². The number of likely N-dealkylation sites (tertiary alicyclic amines) is 1. The number of para-hydroxylation sites is 1. The Kier molecular flexibility index (Phi) is 5.02. The highest BCUT2D eigenvalue weighted by Gasteiger charge is 2.16. The minimum atomic E-state index is 0.349. The van der Waals surface area contributed by atoms with E-state index in [0.29, 0.717) is 6.04 Å². The van der Waals surface area contributed by atoms with Crippen LogP contribution in [0.1, 0.15) is 25.3 Å². The Morgan fingerprint density at radius 2 is 2.22 bits per heavy atom. The summed E-state index contributed by atoms with van der Waals surface area (Å²) in [6, 6.07) is 8.63. The van der Waals surface area contributed by atoms with Crippen LogP contribution in [0.15, 0.2) is 24.3 Å². The molecule has 1 fully saturated rings. The summed E-state index contributed by atoms with van der Waals surface area (Å²) in [5.41, 5.74) is 7.26. The van der Waals surface area contributed by atoms with Crippen molar-refractivity contribution in [1.29, 1.82) is 0 Å². The fourth-order valence-corrected chi connectivity index (χ4v) is 2.52. The molecule has 0 saturated carbocycles. The van der Waals surface area contributed by atoms with Gasteiger partial charge >= 0.3 is 0 Å². The average molecular weight is 248 g/mol. The van der Waals surface area contributed by atoms with Crippen molar-refractivity contribution < 1.29 is 4.74 Å². The van der Waals surface area contributed by atoms with Crippen LogP contribution >= 0.6 is 0 Å². The van der Waals surface area contributed by atoms with Gasteiger partial charge in [-0.05, 0) is 37.4 Å². The highest BCUT2D eigenvalue weighted by Crippen LogP contribution is 2.18. The van der Waals surface area contributed by atoms with Crippen LogP contribution in [0.2, 0.25) is 0 Å². The molecule has 18 heavy (non-hydrogen) atoms. The summed E-state index contributed by atoms with van der Waals surface area (Å²) in [5.74, 6) is 1.03. The molecule has 0 aliphatic carbocycles. The third kappa shape index (κ3) is 3.72. The highest BCUT2D eigenvalue weighted by atomic mass is 16.5. The predicted octanol–water partition coefficient (Wildman–Crippen LogP) is 2.05. The third-order valence-corrected chi connectivity index (χ3v) is 3.56. The number of aryl methyl sites for hydroxylation is 1. The van der Waals surface area contributed by atoms with Crippen LogP contribution in [-0.4, -0.2) is 37.2 Å². The first-order valence-corrected chi connectivity index (χ1v) is 6.98. The molecule has 1 aromatic rings. The molecule has 0 amide bonds. The van der Waals surface area contributed by atoms with Gasteiger partial charge in [0.2, 0.25) is 0 Å². The number of rotatable bonds is 5. The van der Waals surface area contributed by atoms with Crippen LogP contribution in [0.3, 0.4) is 0 Å². The molecular formula is C15H24N2O. The fraction of sp³-hybridized carbons (Fsp3) is 0.600. The van der Waals surface area contributed by atoms with Crippen molar-refractivity contribution in [2.45, 2.75) is 32.2 Å². The zero-order chi connectivity index (χ0) is 12.8. The quantitative estimate of drug-likeness (QED) is 0.866. The van der Waals surface area contributed by atoms with Gasteiger partial charge in [0.1, 0.15) is 12.4 Å². The summed E-state index contributed by atoms with van der Waals surface area (Å²) in [7, 11) is 0. The first-order chi connectivity index (χ1) is 8.79. The van der Waals surface area contributed by atoms with E-state index >= 15 is 0 Å². The minimum absolute atomic E-state index is 0.349. The number of piperidine rings is 1. The van der Waals surface area contributed by atoms with Crippen molar-refractivity contribution in [1.82, 2.24) is 4.90 Å². The first-order valence-electron chi connectivity index (χ1n) is 6.98. The van der Waals surface area contributed by atoms with Crippen molar-refractivity contribution >= 4 is 0 Å². The molecule has 0 bridgehead atoms. The van der Waals surface area contributed by atoms with Crippen LogP contribution in [-0.2, 0) is 6.42 Å². The lowest BCUT2D eigenvalue weighted by Gasteiger charge is -2.30. The lowest BCUT2D eigenvalue weighted by Crippen LogP contribution is -2.44. The van der Waals surface area contributed by atoms with Gasteiger partial charge in [-0.15, -0.1) is 0 Å². The standard InChI is InChI=1S/C15H24N2O/c1-2-13-6-3-4-8-15(13)18-11-10-17-9-5-7-14(16)12-17/h3-4,6,8,14H,2,5,7,9-12,16H2,1H3. The van der Waals surface area contributed by atoms with Gasteiger partial charge in [-0.1, -0.05) is 25.1 Å². The monoisotopic (exact) mass is 248 g/mol. The van der Waals surface area contributed by atoms with Gasteiger partial charge in [-0.3, -0.25) is 4.90 Å². The zero-order valence-corrected chi connectivity index (χ0v) is 11.3. The van der Waals surface area contributed by atoms with E-state index in [1.54, 1.807) is 0 Å². The molecule has 2 rings (SSSR count). The molecule has 1 heterocycles. The van der Waals surface area contributed by atoms with Gasteiger partial charge in [-0.25, -0.2) is 0 Å². The number of ether oxygens (including phenoxy) is 1. The molecule has 0 aromatic heterocycles. The van der Waals surface area contributed by atoms with E-state index in [9.17, 15) is 0 Å². The summed E-state index contributed by atoms with van der Waals surface area (Å²) in [5, 5.41) is 0. The van der Waals surface area contributed by atoms with Crippen molar-refractivity contribution in [3.63, 3.8) is 0 Å². The SMILES string of the molecule is CCc1ccccc1OCCN1CCCC(N)C1. The highest BCUT2D eigenvalue weighted by molar-refractivity contribution is 5.33. The summed E-state index contributed by atoms with van der Waals surface area (Å²) in [6.07, 6.45) is 3.40. The molecule has 1 aromatic carbocycles. The Morgan fingerprint density at radius 1 is 1.39 bits per heavy atom. The molecule has 2 N–H and O–H groups in total. The van der Waals surface area contributed by atoms with Crippen molar-refractivity contribution in [2.75, 3.05) is 26.2 Å². The molecule has 100 valence electrons. The van der Waals surface area contributed by atoms with Crippen LogP contribution in [0, 0.1) is 0 Å². The lowest BCUT2D eigenvalue weighted by molar-refractivity contribution is 0.170. The van der Waals surface area contributed by atoms with E-state index in [2.05, 4.69) is 30.0 Å². The van der Waals surface area contributed by atoms with E-state index in [1.807, 2.05) is 6.07 Å². The second kappa shape index (κ2) is 6.76. The summed E-state index contributed by atoms with van der Waals surface area (Å²) in [6.45, 7) is 6.06. The molecule has 3 heteroatoms. The van der Waals surface area contributed by atoms with Crippen LogP contribution in [0.4, 0.5) is 0 Å². The van der Waals surface area contributed by atoms with E-state index in [4.69, 9.17) is 10.5 Å². The number of nitrogens with two attached hydrogens (primary N) is 1. The fourth-order valence-electron chi connectivity index (χ4n) is 2.52. The van der Waals surface area contributed by atoms with Crippen LogP contribution in [0.25, 0.3) is 0 Å². The van der Waals surface area contributed by atoms with Gasteiger partial charge in [0.25, 0.3) is 0 Å². The van der Waals surface area contributed by atoms with E-state index < -0.39 is 0 Å².